The Hall–Kier alpha value is -2.53. The van der Waals surface area contributed by atoms with Crippen LogP contribution < -0.4 is 10.1 Å². The van der Waals surface area contributed by atoms with E-state index in [1.54, 1.807) is 36.3 Å². The van der Waals surface area contributed by atoms with Gasteiger partial charge in [0.05, 0.1) is 17.8 Å². The van der Waals surface area contributed by atoms with Crippen molar-refractivity contribution in [3.8, 4) is 5.75 Å². The van der Waals surface area contributed by atoms with Crippen molar-refractivity contribution in [3.05, 3.63) is 59.1 Å². The van der Waals surface area contributed by atoms with Crippen molar-refractivity contribution in [2.45, 2.75) is 19.9 Å². The third-order valence-electron chi connectivity index (χ3n) is 3.76. The molecule has 0 aliphatic rings. The molecule has 0 aliphatic heterocycles. The molecule has 0 radical (unpaired) electrons. The number of rotatable bonds is 7. The Morgan fingerprint density at radius 2 is 1.80 bits per heavy atom. The molecule has 0 saturated heterocycles. The molecular weight excluding hydrogens is 340 g/mol. The molecule has 2 rings (SSSR count). The maximum Gasteiger partial charge on any atom is 0.226 e. The van der Waals surface area contributed by atoms with Gasteiger partial charge in [0, 0.05) is 32.0 Å². The molecule has 0 spiro atoms. The van der Waals surface area contributed by atoms with Crippen LogP contribution >= 0.6 is 11.6 Å². The normalized spacial score (nSPS) is 10.2. The van der Waals surface area contributed by atoms with E-state index in [1.165, 1.54) is 6.92 Å². The largest absolute Gasteiger partial charge is 0.496 e. The van der Waals surface area contributed by atoms with Crippen molar-refractivity contribution >= 4 is 29.1 Å². The lowest BCUT2D eigenvalue weighted by atomic mass is 10.2. The molecule has 2 aromatic rings. The first-order valence-electron chi connectivity index (χ1n) is 7.93. The molecule has 0 heterocycles. The van der Waals surface area contributed by atoms with Gasteiger partial charge in [0.1, 0.15) is 5.75 Å². The minimum Gasteiger partial charge on any atom is -0.496 e. The van der Waals surface area contributed by atoms with Crippen LogP contribution in [0.4, 0.5) is 5.69 Å². The number of hydrogen-bond donors (Lipinski definition) is 1. The van der Waals surface area contributed by atoms with Crippen LogP contribution in [-0.4, -0.2) is 30.4 Å². The molecule has 0 aliphatic carbocycles. The fourth-order valence-corrected chi connectivity index (χ4v) is 2.58. The maximum absolute atomic E-state index is 12.1. The van der Waals surface area contributed by atoms with Crippen LogP contribution in [0.1, 0.15) is 18.9 Å². The Bertz CT molecular complexity index is 749. The van der Waals surface area contributed by atoms with E-state index in [0.717, 1.165) is 5.56 Å². The van der Waals surface area contributed by atoms with Crippen LogP contribution in [0.25, 0.3) is 0 Å². The predicted octanol–water partition coefficient (Wildman–Crippen LogP) is 3.73. The van der Waals surface area contributed by atoms with Crippen LogP contribution in [0.3, 0.4) is 0 Å². The van der Waals surface area contributed by atoms with Gasteiger partial charge in [-0.1, -0.05) is 41.9 Å². The fourth-order valence-electron chi connectivity index (χ4n) is 2.40. The van der Waals surface area contributed by atoms with Gasteiger partial charge < -0.3 is 15.0 Å². The Kier molecular flexibility index (Phi) is 6.83. The summed E-state index contributed by atoms with van der Waals surface area (Å²) in [5.74, 6) is 0.421. The second-order valence-electron chi connectivity index (χ2n) is 5.53. The van der Waals surface area contributed by atoms with Crippen molar-refractivity contribution in [2.75, 3.05) is 19.0 Å². The number of amides is 2. The van der Waals surface area contributed by atoms with Crippen molar-refractivity contribution in [2.24, 2.45) is 0 Å². The summed E-state index contributed by atoms with van der Waals surface area (Å²) in [6.45, 7) is 2.18. The van der Waals surface area contributed by atoms with Crippen molar-refractivity contribution in [1.29, 1.82) is 0 Å². The zero-order valence-corrected chi connectivity index (χ0v) is 15.0. The molecule has 132 valence electrons. The lowest BCUT2D eigenvalue weighted by Crippen LogP contribution is -2.31. The van der Waals surface area contributed by atoms with Gasteiger partial charge in [-0.2, -0.15) is 0 Å². The lowest BCUT2D eigenvalue weighted by Gasteiger charge is -2.22. The van der Waals surface area contributed by atoms with E-state index in [-0.39, 0.29) is 18.2 Å². The summed E-state index contributed by atoms with van der Waals surface area (Å²) in [6.07, 6.45) is 0.181. The second-order valence-corrected chi connectivity index (χ2v) is 5.94. The maximum atomic E-state index is 12.1. The molecule has 0 atom stereocenters. The first-order chi connectivity index (χ1) is 12.0. The Labute approximate surface area is 152 Å². The predicted molar refractivity (Wildman–Crippen MR) is 98.8 cm³/mol. The molecule has 5 nitrogen and oxygen atoms in total. The van der Waals surface area contributed by atoms with Crippen molar-refractivity contribution < 1.29 is 14.3 Å². The average Bonchev–Trinajstić information content (AvgIpc) is 2.60. The monoisotopic (exact) mass is 360 g/mol. The van der Waals surface area contributed by atoms with E-state index in [0.29, 0.717) is 29.5 Å². The molecule has 0 bridgehead atoms. The standard InChI is InChI=1S/C19H21ClN2O3/c1-14(23)22(13-15-7-3-6-10-18(15)25-2)12-11-19(24)21-17-9-5-4-8-16(17)20/h3-10H,11-13H2,1-2H3,(H,21,24). The van der Waals surface area contributed by atoms with Gasteiger partial charge in [0.25, 0.3) is 0 Å². The Morgan fingerprint density at radius 1 is 1.12 bits per heavy atom. The molecular formula is C19H21ClN2O3. The molecule has 2 aromatic carbocycles. The summed E-state index contributed by atoms with van der Waals surface area (Å²) in [6, 6.07) is 14.5. The van der Waals surface area contributed by atoms with Gasteiger partial charge >= 0.3 is 0 Å². The average molecular weight is 361 g/mol. The molecule has 25 heavy (non-hydrogen) atoms. The van der Waals surface area contributed by atoms with Crippen LogP contribution in [0, 0.1) is 0 Å². The smallest absolute Gasteiger partial charge is 0.226 e. The number of ether oxygens (including phenoxy) is 1. The Balaban J connectivity index is 1.96. The number of benzene rings is 2. The highest BCUT2D eigenvalue weighted by atomic mass is 35.5. The first kappa shape index (κ1) is 18.8. The lowest BCUT2D eigenvalue weighted by molar-refractivity contribution is -0.129. The molecule has 1 N–H and O–H groups in total. The number of carbonyl (C=O) groups excluding carboxylic acids is 2. The minimum absolute atomic E-state index is 0.101. The van der Waals surface area contributed by atoms with E-state index in [2.05, 4.69) is 5.32 Å². The third kappa shape index (κ3) is 5.50. The molecule has 2 amide bonds. The van der Waals surface area contributed by atoms with E-state index < -0.39 is 0 Å². The Morgan fingerprint density at radius 3 is 2.48 bits per heavy atom. The van der Waals surface area contributed by atoms with Crippen LogP contribution in [-0.2, 0) is 16.1 Å². The quantitative estimate of drug-likeness (QED) is 0.818. The summed E-state index contributed by atoms with van der Waals surface area (Å²) in [5.41, 5.74) is 1.46. The summed E-state index contributed by atoms with van der Waals surface area (Å²) < 4.78 is 5.31. The zero-order valence-electron chi connectivity index (χ0n) is 14.3. The zero-order chi connectivity index (χ0) is 18.2. The van der Waals surface area contributed by atoms with Crippen molar-refractivity contribution in [1.82, 2.24) is 4.90 Å². The summed E-state index contributed by atoms with van der Waals surface area (Å²) in [5, 5.41) is 3.24. The van der Waals surface area contributed by atoms with Crippen LogP contribution in [0.15, 0.2) is 48.5 Å². The van der Waals surface area contributed by atoms with Gasteiger partial charge in [0.2, 0.25) is 11.8 Å². The highest BCUT2D eigenvalue weighted by molar-refractivity contribution is 6.33. The number of anilines is 1. The number of nitrogens with one attached hydrogen (secondary N) is 1. The second kappa shape index (κ2) is 9.08. The van der Waals surface area contributed by atoms with E-state index >= 15 is 0 Å². The van der Waals surface area contributed by atoms with Gasteiger partial charge in [-0.25, -0.2) is 0 Å². The minimum atomic E-state index is -0.195. The molecule has 0 unspecified atom stereocenters. The number of hydrogen-bond acceptors (Lipinski definition) is 3. The first-order valence-corrected chi connectivity index (χ1v) is 8.31. The van der Waals surface area contributed by atoms with Gasteiger partial charge in [-0.05, 0) is 18.2 Å². The molecule has 0 fully saturated rings. The van der Waals surface area contributed by atoms with E-state index in [4.69, 9.17) is 16.3 Å². The number of halogens is 1. The SMILES string of the molecule is COc1ccccc1CN(CCC(=O)Nc1ccccc1Cl)C(C)=O. The number of nitrogens with zero attached hydrogens (tertiary/aromatic N) is 1. The molecule has 0 aromatic heterocycles. The topological polar surface area (TPSA) is 58.6 Å². The molecule has 6 heteroatoms. The molecule has 0 saturated carbocycles. The van der Waals surface area contributed by atoms with Crippen LogP contribution in [0.2, 0.25) is 5.02 Å². The highest BCUT2D eigenvalue weighted by Gasteiger charge is 2.14. The van der Waals surface area contributed by atoms with Crippen LogP contribution in [0.5, 0.6) is 5.75 Å². The highest BCUT2D eigenvalue weighted by Crippen LogP contribution is 2.21. The number of carbonyl (C=O) groups is 2. The number of methoxy groups -OCH3 is 1. The fraction of sp³-hybridized carbons (Fsp3) is 0.263. The summed E-state index contributed by atoms with van der Waals surface area (Å²) in [4.78, 5) is 25.7. The van der Waals surface area contributed by atoms with Gasteiger partial charge in [0.15, 0.2) is 0 Å². The number of para-hydroxylation sites is 2. The van der Waals surface area contributed by atoms with E-state index in [9.17, 15) is 9.59 Å². The van der Waals surface area contributed by atoms with E-state index in [1.807, 2.05) is 24.3 Å². The van der Waals surface area contributed by atoms with Gasteiger partial charge in [-0.15, -0.1) is 0 Å². The van der Waals surface area contributed by atoms with Crippen molar-refractivity contribution in [3.63, 3.8) is 0 Å². The summed E-state index contributed by atoms with van der Waals surface area (Å²) >= 11 is 6.03. The third-order valence-corrected chi connectivity index (χ3v) is 4.09. The van der Waals surface area contributed by atoms with Gasteiger partial charge in [-0.3, -0.25) is 9.59 Å². The summed E-state index contributed by atoms with van der Waals surface area (Å²) in [7, 11) is 1.59.